The second-order valence-electron chi connectivity index (χ2n) is 5.61. The second-order valence-corrected chi connectivity index (χ2v) is 5.61. The normalized spacial score (nSPS) is 11.8. The Kier molecular flexibility index (Phi) is 3.30. The number of amides is 1. The van der Waals surface area contributed by atoms with Crippen LogP contribution in [0.5, 0.6) is 0 Å². The molecule has 0 spiro atoms. The highest BCUT2D eigenvalue weighted by Crippen LogP contribution is 2.17. The summed E-state index contributed by atoms with van der Waals surface area (Å²) in [6.45, 7) is 10.7. The van der Waals surface area contributed by atoms with E-state index >= 15 is 0 Å². The molecule has 0 atom stereocenters. The van der Waals surface area contributed by atoms with Gasteiger partial charge in [-0.15, -0.1) is 10.2 Å². The van der Waals surface area contributed by atoms with Crippen molar-refractivity contribution in [3.05, 3.63) is 29.7 Å². The van der Waals surface area contributed by atoms with Crippen LogP contribution < -0.4 is 0 Å². The summed E-state index contributed by atoms with van der Waals surface area (Å²) in [6, 6.07) is 3.61. The third-order valence-corrected chi connectivity index (χ3v) is 3.20. The van der Waals surface area contributed by atoms with Crippen LogP contribution in [0, 0.1) is 6.92 Å². The first kappa shape index (κ1) is 13.5. The molecule has 0 aliphatic heterocycles. The van der Waals surface area contributed by atoms with Crippen molar-refractivity contribution in [1.82, 2.24) is 19.5 Å². The number of aryl methyl sites for hydroxylation is 1. The number of carbonyl (C=O) groups is 1. The van der Waals surface area contributed by atoms with Gasteiger partial charge in [0.1, 0.15) is 5.82 Å². The predicted molar refractivity (Wildman–Crippen MR) is 74.2 cm³/mol. The average molecular weight is 260 g/mol. The lowest BCUT2D eigenvalue weighted by Crippen LogP contribution is -2.45. The van der Waals surface area contributed by atoms with E-state index in [4.69, 9.17) is 0 Å². The van der Waals surface area contributed by atoms with E-state index in [1.165, 1.54) is 0 Å². The third-order valence-electron chi connectivity index (χ3n) is 3.20. The zero-order valence-electron chi connectivity index (χ0n) is 12.1. The summed E-state index contributed by atoms with van der Waals surface area (Å²) >= 11 is 0. The largest absolute Gasteiger partial charge is 0.334 e. The van der Waals surface area contributed by atoms with E-state index in [0.29, 0.717) is 17.8 Å². The molecule has 0 unspecified atom stereocenters. The molecule has 5 heteroatoms. The van der Waals surface area contributed by atoms with Crippen LogP contribution in [0.3, 0.4) is 0 Å². The Morgan fingerprint density at radius 3 is 2.63 bits per heavy atom. The van der Waals surface area contributed by atoms with Crippen molar-refractivity contribution >= 4 is 11.6 Å². The Labute approximate surface area is 113 Å². The number of aromatic nitrogens is 3. The summed E-state index contributed by atoms with van der Waals surface area (Å²) in [5, 5.41) is 8.05. The third kappa shape index (κ3) is 2.45. The van der Waals surface area contributed by atoms with Crippen molar-refractivity contribution in [2.45, 2.75) is 40.2 Å². The second kappa shape index (κ2) is 4.64. The molecular weight excluding hydrogens is 240 g/mol. The number of hydrogen-bond acceptors (Lipinski definition) is 3. The topological polar surface area (TPSA) is 50.5 Å². The number of rotatable bonds is 2. The zero-order chi connectivity index (χ0) is 14.2. The van der Waals surface area contributed by atoms with Gasteiger partial charge in [-0.1, -0.05) is 0 Å². The van der Waals surface area contributed by atoms with Crippen LogP contribution in [0.1, 0.15) is 43.9 Å². The van der Waals surface area contributed by atoms with Gasteiger partial charge in [-0.05, 0) is 46.8 Å². The van der Waals surface area contributed by atoms with Gasteiger partial charge in [-0.25, -0.2) is 0 Å². The number of pyridine rings is 1. The van der Waals surface area contributed by atoms with E-state index in [0.717, 1.165) is 5.82 Å². The first-order valence-corrected chi connectivity index (χ1v) is 6.48. The Morgan fingerprint density at radius 2 is 2.05 bits per heavy atom. The lowest BCUT2D eigenvalue weighted by molar-refractivity contribution is 0.0599. The molecule has 19 heavy (non-hydrogen) atoms. The van der Waals surface area contributed by atoms with E-state index < -0.39 is 0 Å². The Bertz CT molecular complexity index is 609. The molecule has 0 saturated heterocycles. The maximum Gasteiger partial charge on any atom is 0.254 e. The van der Waals surface area contributed by atoms with Gasteiger partial charge in [-0.2, -0.15) is 0 Å². The summed E-state index contributed by atoms with van der Waals surface area (Å²) in [7, 11) is 0. The highest BCUT2D eigenvalue weighted by Gasteiger charge is 2.26. The maximum atomic E-state index is 12.5. The van der Waals surface area contributed by atoms with Gasteiger partial charge < -0.3 is 4.90 Å². The van der Waals surface area contributed by atoms with Crippen molar-refractivity contribution in [3.8, 4) is 0 Å². The molecule has 0 bridgehead atoms. The Hall–Kier alpha value is -1.91. The highest BCUT2D eigenvalue weighted by molar-refractivity contribution is 5.95. The molecule has 0 fully saturated rings. The van der Waals surface area contributed by atoms with E-state index in [1.807, 2.05) is 56.2 Å². The van der Waals surface area contributed by atoms with Crippen molar-refractivity contribution < 1.29 is 4.79 Å². The minimum Gasteiger partial charge on any atom is -0.334 e. The minimum atomic E-state index is -0.193. The maximum absolute atomic E-state index is 12.5. The molecule has 0 aromatic carbocycles. The molecule has 2 aromatic heterocycles. The van der Waals surface area contributed by atoms with E-state index in [1.54, 1.807) is 6.07 Å². The van der Waals surface area contributed by atoms with Gasteiger partial charge in [0, 0.05) is 23.8 Å². The molecule has 2 heterocycles. The summed E-state index contributed by atoms with van der Waals surface area (Å²) in [6.07, 6.45) is 1.84. The molecular formula is C14H20N4O. The van der Waals surface area contributed by atoms with Crippen molar-refractivity contribution in [2.24, 2.45) is 0 Å². The van der Waals surface area contributed by atoms with E-state index in [9.17, 15) is 4.79 Å². The lowest BCUT2D eigenvalue weighted by Gasteiger charge is -2.34. The van der Waals surface area contributed by atoms with Gasteiger partial charge in [-0.3, -0.25) is 9.20 Å². The Balaban J connectivity index is 2.41. The molecule has 0 saturated carbocycles. The molecule has 5 nitrogen and oxygen atoms in total. The lowest BCUT2D eigenvalue weighted by atomic mass is 10.0. The van der Waals surface area contributed by atoms with E-state index in [-0.39, 0.29) is 11.4 Å². The summed E-state index contributed by atoms with van der Waals surface area (Å²) in [5.74, 6) is 0.843. The fourth-order valence-electron chi connectivity index (χ4n) is 2.22. The summed E-state index contributed by atoms with van der Waals surface area (Å²) in [5.41, 5.74) is 1.16. The van der Waals surface area contributed by atoms with Gasteiger partial charge in [0.25, 0.3) is 5.91 Å². The number of nitrogens with zero attached hydrogens (tertiary/aromatic N) is 4. The molecule has 0 aliphatic carbocycles. The molecule has 0 N–H and O–H groups in total. The molecule has 0 aliphatic rings. The van der Waals surface area contributed by atoms with Gasteiger partial charge in [0.05, 0.1) is 0 Å². The smallest absolute Gasteiger partial charge is 0.254 e. The average Bonchev–Trinajstić information content (AvgIpc) is 2.69. The van der Waals surface area contributed by atoms with Crippen LogP contribution in [-0.2, 0) is 0 Å². The zero-order valence-corrected chi connectivity index (χ0v) is 12.1. The molecule has 102 valence electrons. The molecule has 2 rings (SSSR count). The standard InChI is InChI=1S/C14H20N4O/c1-6-18(14(3,4)5)13(19)11-7-8-17-10(2)15-16-12(17)9-11/h7-9H,6H2,1-5H3. The molecule has 2 aromatic rings. The van der Waals surface area contributed by atoms with Crippen molar-refractivity contribution in [1.29, 1.82) is 0 Å². The van der Waals surface area contributed by atoms with Crippen LogP contribution in [-0.4, -0.2) is 37.5 Å². The van der Waals surface area contributed by atoms with Gasteiger partial charge >= 0.3 is 0 Å². The van der Waals surface area contributed by atoms with Crippen LogP contribution >= 0.6 is 0 Å². The quantitative estimate of drug-likeness (QED) is 0.832. The number of carbonyl (C=O) groups excluding carboxylic acids is 1. The molecule has 1 amide bonds. The van der Waals surface area contributed by atoms with Crippen molar-refractivity contribution in [3.63, 3.8) is 0 Å². The van der Waals surface area contributed by atoms with Gasteiger partial charge in [0.15, 0.2) is 5.65 Å². The highest BCUT2D eigenvalue weighted by atomic mass is 16.2. The van der Waals surface area contributed by atoms with E-state index in [2.05, 4.69) is 10.2 Å². The minimum absolute atomic E-state index is 0.0261. The van der Waals surface area contributed by atoms with Gasteiger partial charge in [0.2, 0.25) is 0 Å². The summed E-state index contributed by atoms with van der Waals surface area (Å²) < 4.78 is 1.87. The SMILES string of the molecule is CCN(C(=O)c1ccn2c(C)nnc2c1)C(C)(C)C. The molecule has 0 radical (unpaired) electrons. The fraction of sp³-hybridized carbons (Fsp3) is 0.500. The number of fused-ring (bicyclic) bond motifs is 1. The predicted octanol–water partition coefficient (Wildman–Crippen LogP) is 2.30. The van der Waals surface area contributed by atoms with Crippen LogP contribution in [0.2, 0.25) is 0 Å². The number of hydrogen-bond donors (Lipinski definition) is 0. The van der Waals surface area contributed by atoms with Crippen LogP contribution in [0.15, 0.2) is 18.3 Å². The first-order chi connectivity index (χ1) is 8.84. The van der Waals surface area contributed by atoms with Crippen LogP contribution in [0.25, 0.3) is 5.65 Å². The summed E-state index contributed by atoms with van der Waals surface area (Å²) in [4.78, 5) is 14.4. The van der Waals surface area contributed by atoms with Crippen molar-refractivity contribution in [2.75, 3.05) is 6.54 Å². The monoisotopic (exact) mass is 260 g/mol. The van der Waals surface area contributed by atoms with Crippen LogP contribution in [0.4, 0.5) is 0 Å². The fourth-order valence-corrected chi connectivity index (χ4v) is 2.22. The Morgan fingerprint density at radius 1 is 1.37 bits per heavy atom. The first-order valence-electron chi connectivity index (χ1n) is 6.48.